The van der Waals surface area contributed by atoms with Crippen molar-refractivity contribution >= 4 is 22.5 Å². The minimum atomic E-state index is -4.34. The number of amides is 1. The summed E-state index contributed by atoms with van der Waals surface area (Å²) in [6.07, 6.45) is -2.18. The molecule has 3 aromatic rings. The van der Waals surface area contributed by atoms with Gasteiger partial charge < -0.3 is 19.8 Å². The van der Waals surface area contributed by atoms with E-state index < -0.39 is 11.7 Å². The summed E-state index contributed by atoms with van der Waals surface area (Å²) >= 11 is 0. The van der Waals surface area contributed by atoms with E-state index in [2.05, 4.69) is 10.3 Å². The summed E-state index contributed by atoms with van der Waals surface area (Å²) in [5.41, 5.74) is 1.54. The van der Waals surface area contributed by atoms with E-state index in [-0.39, 0.29) is 12.5 Å². The summed E-state index contributed by atoms with van der Waals surface area (Å²) in [6, 6.07) is 10.4. The SMILES string of the molecule is COCC(=O)Nc1c[nH]c2ccc(OCCc3ccc(C(F)(F)F)cc3)cc12. The van der Waals surface area contributed by atoms with Gasteiger partial charge in [-0.1, -0.05) is 12.1 Å². The third-order valence-electron chi connectivity index (χ3n) is 4.14. The summed E-state index contributed by atoms with van der Waals surface area (Å²) in [6.45, 7) is 0.267. The monoisotopic (exact) mass is 392 g/mol. The highest BCUT2D eigenvalue weighted by atomic mass is 19.4. The molecule has 28 heavy (non-hydrogen) atoms. The molecular formula is C20H19F3N2O3. The first-order chi connectivity index (χ1) is 13.4. The largest absolute Gasteiger partial charge is 0.493 e. The molecule has 0 bridgehead atoms. The first-order valence-corrected chi connectivity index (χ1v) is 8.55. The Bertz CT molecular complexity index is 949. The van der Waals surface area contributed by atoms with Crippen LogP contribution >= 0.6 is 0 Å². The molecule has 0 saturated heterocycles. The van der Waals surface area contributed by atoms with Gasteiger partial charge in [0.15, 0.2) is 0 Å². The number of H-pyrrole nitrogens is 1. The van der Waals surface area contributed by atoms with Gasteiger partial charge in [-0.05, 0) is 35.9 Å². The standard InChI is InChI=1S/C20H19F3N2O3/c1-27-12-19(26)25-18-11-24-17-7-6-15(10-16(17)18)28-9-8-13-2-4-14(5-3-13)20(21,22)23/h2-7,10-11,24H,8-9,12H2,1H3,(H,25,26). The molecule has 1 heterocycles. The number of aromatic nitrogens is 1. The zero-order valence-corrected chi connectivity index (χ0v) is 15.1. The Labute approximate surface area is 159 Å². The van der Waals surface area contributed by atoms with Gasteiger partial charge in [-0.3, -0.25) is 4.79 Å². The third kappa shape index (κ3) is 4.83. The van der Waals surface area contributed by atoms with Gasteiger partial charge in [-0.25, -0.2) is 0 Å². The van der Waals surface area contributed by atoms with Crippen LogP contribution < -0.4 is 10.1 Å². The number of alkyl halides is 3. The van der Waals surface area contributed by atoms with E-state index in [0.717, 1.165) is 28.6 Å². The summed E-state index contributed by atoms with van der Waals surface area (Å²) in [5.74, 6) is 0.332. The molecule has 0 unspecified atom stereocenters. The zero-order valence-electron chi connectivity index (χ0n) is 15.1. The van der Waals surface area contributed by atoms with Crippen LogP contribution in [0.5, 0.6) is 5.75 Å². The minimum Gasteiger partial charge on any atom is -0.493 e. The van der Waals surface area contributed by atoms with Gasteiger partial charge in [-0.15, -0.1) is 0 Å². The Hall–Kier alpha value is -3.00. The lowest BCUT2D eigenvalue weighted by Gasteiger charge is -2.09. The predicted octanol–water partition coefficient (Wildman–Crippen LogP) is 4.39. The first kappa shape index (κ1) is 19.8. The number of rotatable bonds is 7. The van der Waals surface area contributed by atoms with E-state index in [1.165, 1.54) is 19.2 Å². The number of fused-ring (bicyclic) bond motifs is 1. The maximum Gasteiger partial charge on any atom is 0.416 e. The number of carbonyl (C=O) groups excluding carboxylic acids is 1. The second-order valence-electron chi connectivity index (χ2n) is 6.18. The Morgan fingerprint density at radius 1 is 1.14 bits per heavy atom. The summed E-state index contributed by atoms with van der Waals surface area (Å²) < 4.78 is 48.3. The van der Waals surface area contributed by atoms with Crippen molar-refractivity contribution in [3.8, 4) is 5.75 Å². The predicted molar refractivity (Wildman–Crippen MR) is 99.4 cm³/mol. The topological polar surface area (TPSA) is 63.3 Å². The Balaban J connectivity index is 1.62. The van der Waals surface area contributed by atoms with Crippen LogP contribution in [0, 0.1) is 0 Å². The van der Waals surface area contributed by atoms with E-state index in [1.54, 1.807) is 18.3 Å². The van der Waals surface area contributed by atoms with Crippen LogP contribution in [0.3, 0.4) is 0 Å². The molecule has 0 saturated carbocycles. The third-order valence-corrected chi connectivity index (χ3v) is 4.14. The average molecular weight is 392 g/mol. The summed E-state index contributed by atoms with van der Waals surface area (Å²) in [4.78, 5) is 14.8. The molecule has 2 N–H and O–H groups in total. The van der Waals surface area contributed by atoms with Crippen molar-refractivity contribution < 1.29 is 27.4 Å². The lowest BCUT2D eigenvalue weighted by Crippen LogP contribution is -2.16. The Kier molecular flexibility index (Phi) is 5.89. The van der Waals surface area contributed by atoms with E-state index in [4.69, 9.17) is 9.47 Å². The number of ether oxygens (including phenoxy) is 2. The maximum absolute atomic E-state index is 12.6. The molecule has 1 aromatic heterocycles. The molecule has 0 aliphatic carbocycles. The Morgan fingerprint density at radius 3 is 2.57 bits per heavy atom. The lowest BCUT2D eigenvalue weighted by molar-refractivity contribution is -0.137. The van der Waals surface area contributed by atoms with E-state index in [1.807, 2.05) is 6.07 Å². The molecule has 1 amide bonds. The van der Waals surface area contributed by atoms with Gasteiger partial charge in [0.25, 0.3) is 0 Å². The summed E-state index contributed by atoms with van der Waals surface area (Å²) in [5, 5.41) is 3.54. The molecule has 2 aromatic carbocycles. The molecule has 0 spiro atoms. The van der Waals surface area contributed by atoms with E-state index in [0.29, 0.717) is 24.5 Å². The molecule has 0 atom stereocenters. The number of aromatic amines is 1. The van der Waals surface area contributed by atoms with Crippen molar-refractivity contribution in [2.45, 2.75) is 12.6 Å². The molecule has 3 rings (SSSR count). The van der Waals surface area contributed by atoms with Crippen LogP contribution in [-0.4, -0.2) is 31.2 Å². The fourth-order valence-corrected chi connectivity index (χ4v) is 2.76. The van der Waals surface area contributed by atoms with E-state index in [9.17, 15) is 18.0 Å². The molecule has 0 aliphatic heterocycles. The van der Waals surface area contributed by atoms with Crippen LogP contribution in [0.1, 0.15) is 11.1 Å². The smallest absolute Gasteiger partial charge is 0.416 e. The molecule has 148 valence electrons. The molecular weight excluding hydrogens is 373 g/mol. The number of halogens is 3. The number of anilines is 1. The van der Waals surface area contributed by atoms with Crippen molar-refractivity contribution in [1.29, 1.82) is 0 Å². The van der Waals surface area contributed by atoms with Crippen molar-refractivity contribution in [3.63, 3.8) is 0 Å². The first-order valence-electron chi connectivity index (χ1n) is 8.55. The van der Waals surface area contributed by atoms with Gasteiger partial charge in [-0.2, -0.15) is 13.2 Å². The summed E-state index contributed by atoms with van der Waals surface area (Å²) in [7, 11) is 1.44. The van der Waals surface area contributed by atoms with Crippen molar-refractivity contribution in [1.82, 2.24) is 4.98 Å². The number of benzene rings is 2. The number of hydrogen-bond donors (Lipinski definition) is 2. The van der Waals surface area contributed by atoms with Gasteiger partial charge >= 0.3 is 6.18 Å². The van der Waals surface area contributed by atoms with Gasteiger partial charge in [0.1, 0.15) is 12.4 Å². The number of methoxy groups -OCH3 is 1. The number of nitrogens with one attached hydrogen (secondary N) is 2. The number of hydrogen-bond acceptors (Lipinski definition) is 3. The highest BCUT2D eigenvalue weighted by Gasteiger charge is 2.29. The van der Waals surface area contributed by atoms with Crippen molar-refractivity contribution in [3.05, 3.63) is 59.8 Å². The second-order valence-corrected chi connectivity index (χ2v) is 6.18. The van der Waals surface area contributed by atoms with Crippen molar-refractivity contribution in [2.24, 2.45) is 0 Å². The highest BCUT2D eigenvalue weighted by molar-refractivity contribution is 6.02. The molecule has 0 aliphatic rings. The number of carbonyl (C=O) groups is 1. The molecule has 0 radical (unpaired) electrons. The second kappa shape index (κ2) is 8.35. The normalized spacial score (nSPS) is 11.6. The van der Waals surface area contributed by atoms with Crippen LogP contribution in [0.25, 0.3) is 10.9 Å². The van der Waals surface area contributed by atoms with Gasteiger partial charge in [0.2, 0.25) is 5.91 Å². The van der Waals surface area contributed by atoms with Gasteiger partial charge in [0, 0.05) is 30.6 Å². The quantitative estimate of drug-likeness (QED) is 0.627. The Morgan fingerprint density at radius 2 is 1.89 bits per heavy atom. The van der Waals surface area contributed by atoms with Gasteiger partial charge in [0.05, 0.1) is 17.9 Å². The van der Waals surface area contributed by atoms with E-state index >= 15 is 0 Å². The van der Waals surface area contributed by atoms with Crippen LogP contribution in [0.15, 0.2) is 48.7 Å². The fourth-order valence-electron chi connectivity index (χ4n) is 2.76. The lowest BCUT2D eigenvalue weighted by atomic mass is 10.1. The minimum absolute atomic E-state index is 0.0456. The van der Waals surface area contributed by atoms with Crippen molar-refractivity contribution in [2.75, 3.05) is 25.6 Å². The average Bonchev–Trinajstić information content (AvgIpc) is 3.04. The molecule has 8 heteroatoms. The fraction of sp³-hybridized carbons (Fsp3) is 0.250. The zero-order chi connectivity index (χ0) is 20.1. The molecule has 5 nitrogen and oxygen atoms in total. The van der Waals surface area contributed by atoms with Crippen LogP contribution in [0.4, 0.5) is 18.9 Å². The highest BCUT2D eigenvalue weighted by Crippen LogP contribution is 2.29. The van der Waals surface area contributed by atoms with Crippen LogP contribution in [-0.2, 0) is 22.1 Å². The maximum atomic E-state index is 12.6. The van der Waals surface area contributed by atoms with Crippen LogP contribution in [0.2, 0.25) is 0 Å². The molecule has 0 fully saturated rings.